The van der Waals surface area contributed by atoms with Crippen molar-refractivity contribution in [3.63, 3.8) is 0 Å². The number of amides is 3. The molecule has 0 aliphatic carbocycles. The molecule has 144 valence electrons. The van der Waals surface area contributed by atoms with Gasteiger partial charge in [0.1, 0.15) is 6.10 Å². The van der Waals surface area contributed by atoms with Gasteiger partial charge < -0.3 is 15.0 Å². The molecule has 1 atom stereocenters. The summed E-state index contributed by atoms with van der Waals surface area (Å²) in [4.78, 5) is 44.2. The Morgan fingerprint density at radius 3 is 2.86 bits per heavy atom. The lowest BCUT2D eigenvalue weighted by Crippen LogP contribution is -2.34. The molecule has 0 spiro atoms. The number of carbonyl (C=O) groups excluding carboxylic acids is 3. The summed E-state index contributed by atoms with van der Waals surface area (Å²) in [5, 5.41) is 2.78. The molecule has 1 aromatic carbocycles. The Balaban J connectivity index is 1.41. The lowest BCUT2D eigenvalue weighted by atomic mass is 10.2. The normalized spacial score (nSPS) is 18.7. The van der Waals surface area contributed by atoms with Gasteiger partial charge >= 0.3 is 6.09 Å². The van der Waals surface area contributed by atoms with Gasteiger partial charge in [-0.05, 0) is 30.3 Å². The highest BCUT2D eigenvalue weighted by molar-refractivity contribution is 8.00. The minimum absolute atomic E-state index is 0.0517. The topological polar surface area (TPSA) is 91.8 Å². The Labute approximate surface area is 165 Å². The van der Waals surface area contributed by atoms with Gasteiger partial charge in [0, 0.05) is 35.6 Å². The molecule has 0 bridgehead atoms. The number of fused-ring (bicyclic) bond motifs is 1. The van der Waals surface area contributed by atoms with E-state index in [-0.39, 0.29) is 18.4 Å². The Bertz CT molecular complexity index is 937. The lowest BCUT2D eigenvalue weighted by Gasteiger charge is -2.26. The van der Waals surface area contributed by atoms with Gasteiger partial charge in [0.25, 0.3) is 5.91 Å². The molecule has 1 unspecified atom stereocenters. The SMILES string of the molecule is CN1C(=O)CSc2cc(N3CC(CNC(=O)c4ccncc4)OC3=O)ccc21. The molecule has 2 aromatic rings. The van der Waals surface area contributed by atoms with Crippen molar-refractivity contribution in [1.82, 2.24) is 10.3 Å². The number of aromatic nitrogens is 1. The van der Waals surface area contributed by atoms with Crippen molar-refractivity contribution in [1.29, 1.82) is 0 Å². The van der Waals surface area contributed by atoms with Crippen molar-refractivity contribution in [2.75, 3.05) is 35.7 Å². The summed E-state index contributed by atoms with van der Waals surface area (Å²) in [6, 6.07) is 8.76. The number of anilines is 2. The summed E-state index contributed by atoms with van der Waals surface area (Å²) in [6.07, 6.45) is 2.20. The van der Waals surface area contributed by atoms with E-state index in [1.807, 2.05) is 12.1 Å². The van der Waals surface area contributed by atoms with Crippen molar-refractivity contribution >= 4 is 41.0 Å². The maximum atomic E-state index is 12.3. The van der Waals surface area contributed by atoms with E-state index < -0.39 is 12.2 Å². The summed E-state index contributed by atoms with van der Waals surface area (Å²) >= 11 is 1.46. The second-order valence-electron chi connectivity index (χ2n) is 6.46. The van der Waals surface area contributed by atoms with Crippen molar-refractivity contribution in [3.8, 4) is 0 Å². The van der Waals surface area contributed by atoms with Crippen molar-refractivity contribution in [2.45, 2.75) is 11.0 Å². The van der Waals surface area contributed by atoms with Crippen LogP contribution in [0.2, 0.25) is 0 Å². The highest BCUT2D eigenvalue weighted by Gasteiger charge is 2.33. The number of nitrogens with one attached hydrogen (secondary N) is 1. The van der Waals surface area contributed by atoms with Gasteiger partial charge in [0.05, 0.1) is 24.5 Å². The number of ether oxygens (including phenoxy) is 1. The molecule has 0 radical (unpaired) electrons. The van der Waals surface area contributed by atoms with Gasteiger partial charge in [-0.3, -0.25) is 19.5 Å². The second-order valence-corrected chi connectivity index (χ2v) is 7.47. The third kappa shape index (κ3) is 3.53. The van der Waals surface area contributed by atoms with Crippen LogP contribution in [0.15, 0.2) is 47.6 Å². The number of cyclic esters (lactones) is 1. The van der Waals surface area contributed by atoms with Crippen LogP contribution in [0.4, 0.5) is 16.2 Å². The predicted octanol–water partition coefficient (Wildman–Crippen LogP) is 1.91. The number of benzene rings is 1. The largest absolute Gasteiger partial charge is 0.442 e. The van der Waals surface area contributed by atoms with E-state index in [1.165, 1.54) is 11.8 Å². The van der Waals surface area contributed by atoms with Gasteiger partial charge in [-0.15, -0.1) is 11.8 Å². The molecule has 28 heavy (non-hydrogen) atoms. The maximum Gasteiger partial charge on any atom is 0.414 e. The molecule has 2 aliphatic heterocycles. The molecule has 1 N–H and O–H groups in total. The average Bonchev–Trinajstić information content (AvgIpc) is 3.10. The monoisotopic (exact) mass is 398 g/mol. The van der Waals surface area contributed by atoms with Crippen molar-refractivity contribution in [3.05, 3.63) is 48.3 Å². The van der Waals surface area contributed by atoms with Crippen LogP contribution in [-0.4, -0.2) is 54.9 Å². The molecule has 3 amide bonds. The van der Waals surface area contributed by atoms with Crippen LogP contribution < -0.4 is 15.1 Å². The van der Waals surface area contributed by atoms with E-state index in [1.54, 1.807) is 47.4 Å². The number of nitrogens with zero attached hydrogens (tertiary/aromatic N) is 3. The first-order chi connectivity index (χ1) is 13.5. The van der Waals surface area contributed by atoms with Crippen molar-refractivity contribution < 1.29 is 19.1 Å². The third-order valence-corrected chi connectivity index (χ3v) is 5.68. The molecule has 4 rings (SSSR count). The highest BCUT2D eigenvalue weighted by Crippen LogP contribution is 2.38. The van der Waals surface area contributed by atoms with E-state index in [0.717, 1.165) is 10.6 Å². The third-order valence-electron chi connectivity index (χ3n) is 4.65. The fourth-order valence-electron chi connectivity index (χ4n) is 3.08. The van der Waals surface area contributed by atoms with E-state index in [9.17, 15) is 14.4 Å². The fourth-order valence-corrected chi connectivity index (χ4v) is 4.11. The minimum atomic E-state index is -0.451. The molecule has 2 aliphatic rings. The second kappa shape index (κ2) is 7.51. The van der Waals surface area contributed by atoms with E-state index in [0.29, 0.717) is 23.5 Å². The molecule has 1 saturated heterocycles. The Morgan fingerprint density at radius 1 is 1.29 bits per heavy atom. The van der Waals surface area contributed by atoms with Crippen LogP contribution in [-0.2, 0) is 9.53 Å². The quantitative estimate of drug-likeness (QED) is 0.846. The van der Waals surface area contributed by atoms with Gasteiger partial charge in [0.2, 0.25) is 5.91 Å². The zero-order valence-corrected chi connectivity index (χ0v) is 15.9. The summed E-state index contributed by atoms with van der Waals surface area (Å²) < 4.78 is 5.39. The molecular weight excluding hydrogens is 380 g/mol. The molecule has 1 fully saturated rings. The smallest absolute Gasteiger partial charge is 0.414 e. The number of thioether (sulfide) groups is 1. The zero-order valence-electron chi connectivity index (χ0n) is 15.1. The number of pyridine rings is 1. The summed E-state index contributed by atoms with van der Waals surface area (Å²) in [7, 11) is 1.74. The Hall–Kier alpha value is -3.07. The number of hydrogen-bond acceptors (Lipinski definition) is 6. The maximum absolute atomic E-state index is 12.3. The predicted molar refractivity (Wildman–Crippen MR) is 105 cm³/mol. The molecule has 1 aromatic heterocycles. The van der Waals surface area contributed by atoms with Crippen LogP contribution in [0.1, 0.15) is 10.4 Å². The lowest BCUT2D eigenvalue weighted by molar-refractivity contribution is -0.116. The number of carbonyl (C=O) groups is 3. The van der Waals surface area contributed by atoms with Crippen LogP contribution in [0.5, 0.6) is 0 Å². The first kappa shape index (κ1) is 18.3. The molecule has 9 heteroatoms. The number of rotatable bonds is 4. The van der Waals surface area contributed by atoms with Crippen LogP contribution in [0.25, 0.3) is 0 Å². The van der Waals surface area contributed by atoms with Crippen molar-refractivity contribution in [2.24, 2.45) is 0 Å². The van der Waals surface area contributed by atoms with Gasteiger partial charge in [-0.2, -0.15) is 0 Å². The fraction of sp³-hybridized carbons (Fsp3) is 0.263. The zero-order chi connectivity index (χ0) is 19.7. The molecule has 8 nitrogen and oxygen atoms in total. The van der Waals surface area contributed by atoms with Crippen LogP contribution in [0.3, 0.4) is 0 Å². The van der Waals surface area contributed by atoms with E-state index >= 15 is 0 Å². The highest BCUT2D eigenvalue weighted by atomic mass is 32.2. The summed E-state index contributed by atoms with van der Waals surface area (Å²) in [6.45, 7) is 0.564. The molecular formula is C19H18N4O4S. The van der Waals surface area contributed by atoms with E-state index in [2.05, 4.69) is 10.3 Å². The average molecular weight is 398 g/mol. The minimum Gasteiger partial charge on any atom is -0.442 e. The summed E-state index contributed by atoms with van der Waals surface area (Å²) in [5.41, 5.74) is 2.04. The van der Waals surface area contributed by atoms with E-state index in [4.69, 9.17) is 4.74 Å². The molecule has 0 saturated carbocycles. The Kier molecular flexibility index (Phi) is 4.91. The first-order valence-electron chi connectivity index (χ1n) is 8.72. The number of hydrogen-bond donors (Lipinski definition) is 1. The van der Waals surface area contributed by atoms with Gasteiger partial charge in [0.15, 0.2) is 0 Å². The Morgan fingerprint density at radius 2 is 2.07 bits per heavy atom. The van der Waals surface area contributed by atoms with Crippen LogP contribution in [0, 0.1) is 0 Å². The van der Waals surface area contributed by atoms with Crippen LogP contribution >= 0.6 is 11.8 Å². The van der Waals surface area contributed by atoms with Gasteiger partial charge in [-0.25, -0.2) is 4.79 Å². The van der Waals surface area contributed by atoms with Gasteiger partial charge in [-0.1, -0.05) is 0 Å². The summed E-state index contributed by atoms with van der Waals surface area (Å²) in [5.74, 6) is 0.187. The standard InChI is InChI=1S/C19H18N4O4S/c1-22-15-3-2-13(8-16(15)28-11-17(22)24)23-10-14(27-19(23)26)9-21-18(25)12-4-6-20-7-5-12/h2-8,14H,9-11H2,1H3,(H,21,25). The first-order valence-corrected chi connectivity index (χ1v) is 9.71. The molecule has 3 heterocycles.